The number of ether oxygens (including phenoxy) is 1. The minimum atomic E-state index is -0.236. The van der Waals surface area contributed by atoms with Crippen molar-refractivity contribution in [1.29, 1.82) is 0 Å². The number of aromatic nitrogens is 4. The van der Waals surface area contributed by atoms with E-state index >= 15 is 0 Å². The molecule has 3 aromatic rings. The Morgan fingerprint density at radius 2 is 2.03 bits per heavy atom. The van der Waals surface area contributed by atoms with Crippen LogP contribution in [0.1, 0.15) is 49.2 Å². The number of rotatable bonds is 6. The van der Waals surface area contributed by atoms with Crippen LogP contribution < -0.4 is 5.32 Å². The van der Waals surface area contributed by atoms with Crippen LogP contribution in [0.4, 0.5) is 0 Å². The Morgan fingerprint density at radius 3 is 2.80 bits per heavy atom. The summed E-state index contributed by atoms with van der Waals surface area (Å²) < 4.78 is 7.48. The van der Waals surface area contributed by atoms with Crippen LogP contribution in [0.2, 0.25) is 0 Å². The van der Waals surface area contributed by atoms with Crippen LogP contribution in [0, 0.1) is 18.8 Å². The second kappa shape index (κ2) is 9.81. The van der Waals surface area contributed by atoms with E-state index in [1.54, 1.807) is 0 Å². The minimum absolute atomic E-state index is 0.0121. The number of aromatic amines is 1. The predicted molar refractivity (Wildman–Crippen MR) is 132 cm³/mol. The van der Waals surface area contributed by atoms with E-state index in [4.69, 9.17) is 4.74 Å². The molecule has 2 aromatic heterocycles. The van der Waals surface area contributed by atoms with Gasteiger partial charge in [0, 0.05) is 49.3 Å². The third-order valence-corrected chi connectivity index (χ3v) is 7.31. The number of hydrogen-bond acceptors (Lipinski definition) is 5. The van der Waals surface area contributed by atoms with Gasteiger partial charge in [-0.05, 0) is 30.9 Å². The molecule has 35 heavy (non-hydrogen) atoms. The average Bonchev–Trinajstić information content (AvgIpc) is 3.54. The van der Waals surface area contributed by atoms with Crippen LogP contribution in [0.3, 0.4) is 0 Å². The summed E-state index contributed by atoms with van der Waals surface area (Å²) in [6.07, 6.45) is 1.76. The van der Waals surface area contributed by atoms with E-state index in [9.17, 15) is 9.59 Å². The monoisotopic (exact) mass is 478 g/mol. The maximum atomic E-state index is 13.3. The molecule has 2 aliphatic heterocycles. The zero-order valence-electron chi connectivity index (χ0n) is 20.7. The van der Waals surface area contributed by atoms with Crippen LogP contribution in [0.15, 0.2) is 24.3 Å². The normalized spacial score (nSPS) is 19.1. The Labute approximate surface area is 205 Å². The first-order chi connectivity index (χ1) is 16.9. The lowest BCUT2D eigenvalue weighted by molar-refractivity contribution is -0.130. The van der Waals surface area contributed by atoms with Crippen molar-refractivity contribution in [2.24, 2.45) is 11.8 Å². The minimum Gasteiger partial charge on any atom is -0.381 e. The summed E-state index contributed by atoms with van der Waals surface area (Å²) in [5, 5.41) is 13.2. The van der Waals surface area contributed by atoms with E-state index in [2.05, 4.69) is 45.0 Å². The molecule has 186 valence electrons. The summed E-state index contributed by atoms with van der Waals surface area (Å²) >= 11 is 0. The number of carbonyl (C=O) groups is 2. The predicted octanol–water partition coefficient (Wildman–Crippen LogP) is 2.55. The molecule has 0 aliphatic carbocycles. The SMILES string of the molecule is Cc1[nH]c2ccccc2c1CC(=O)N1CCc2nnc(C(NC(=O)C3CCOC3)C(C)C)n2CC1. The number of H-pyrrole nitrogens is 1. The van der Waals surface area contributed by atoms with Gasteiger partial charge >= 0.3 is 0 Å². The fraction of sp³-hybridized carbons (Fsp3) is 0.538. The van der Waals surface area contributed by atoms with Crippen LogP contribution in [-0.4, -0.2) is 62.8 Å². The molecule has 0 spiro atoms. The van der Waals surface area contributed by atoms with Crippen molar-refractivity contribution in [3.8, 4) is 0 Å². The highest BCUT2D eigenvalue weighted by molar-refractivity contribution is 5.90. The van der Waals surface area contributed by atoms with Crippen molar-refractivity contribution in [3.05, 3.63) is 47.2 Å². The van der Waals surface area contributed by atoms with Gasteiger partial charge in [-0.25, -0.2) is 0 Å². The fourth-order valence-corrected chi connectivity index (χ4v) is 5.19. The van der Waals surface area contributed by atoms with E-state index in [-0.39, 0.29) is 29.7 Å². The maximum Gasteiger partial charge on any atom is 0.227 e. The number of aryl methyl sites for hydroxylation is 1. The molecule has 5 rings (SSSR count). The number of nitrogens with one attached hydrogen (secondary N) is 2. The molecule has 4 heterocycles. The zero-order valence-corrected chi connectivity index (χ0v) is 20.7. The molecule has 0 saturated carbocycles. The summed E-state index contributed by atoms with van der Waals surface area (Å²) in [6, 6.07) is 7.88. The molecule has 1 aromatic carbocycles. The van der Waals surface area contributed by atoms with Gasteiger partial charge in [0.05, 0.1) is 25.0 Å². The first-order valence-corrected chi connectivity index (χ1v) is 12.6. The number of carbonyl (C=O) groups excluding carboxylic acids is 2. The van der Waals surface area contributed by atoms with Crippen molar-refractivity contribution in [2.45, 2.75) is 52.6 Å². The molecule has 9 nitrogen and oxygen atoms in total. The van der Waals surface area contributed by atoms with Crippen LogP contribution in [0.5, 0.6) is 0 Å². The number of fused-ring (bicyclic) bond motifs is 2. The molecule has 1 fully saturated rings. The maximum absolute atomic E-state index is 13.3. The standard InChI is InChI=1S/C26H34N6O3/c1-16(2)24(28-26(34)18-9-13-35-15-18)25-30-29-22-8-10-31(11-12-32(22)25)23(33)14-20-17(3)27-21-7-5-4-6-19(20)21/h4-7,16,18,24,27H,8-15H2,1-3H3,(H,28,34). The lowest BCUT2D eigenvalue weighted by Crippen LogP contribution is -2.38. The number of nitrogens with zero attached hydrogens (tertiary/aromatic N) is 4. The molecule has 2 aliphatic rings. The van der Waals surface area contributed by atoms with Gasteiger partial charge < -0.3 is 24.5 Å². The van der Waals surface area contributed by atoms with Gasteiger partial charge in [0.2, 0.25) is 11.8 Å². The highest BCUT2D eigenvalue weighted by Crippen LogP contribution is 2.26. The van der Waals surface area contributed by atoms with Crippen molar-refractivity contribution in [2.75, 3.05) is 26.3 Å². The van der Waals surface area contributed by atoms with Crippen molar-refractivity contribution >= 4 is 22.7 Å². The molecule has 2 atom stereocenters. The fourth-order valence-electron chi connectivity index (χ4n) is 5.19. The molecule has 2 amide bonds. The van der Waals surface area contributed by atoms with Crippen molar-refractivity contribution < 1.29 is 14.3 Å². The quantitative estimate of drug-likeness (QED) is 0.567. The molecule has 2 unspecified atom stereocenters. The molecular formula is C26H34N6O3. The van der Waals surface area contributed by atoms with Gasteiger partial charge in [0.1, 0.15) is 5.82 Å². The summed E-state index contributed by atoms with van der Waals surface area (Å²) in [7, 11) is 0. The van der Waals surface area contributed by atoms with Crippen LogP contribution >= 0.6 is 0 Å². The zero-order chi connectivity index (χ0) is 24.5. The van der Waals surface area contributed by atoms with Gasteiger partial charge in [0.25, 0.3) is 0 Å². The lowest BCUT2D eigenvalue weighted by atomic mass is 10.0. The molecular weight excluding hydrogens is 444 g/mol. The Bertz CT molecular complexity index is 1220. The van der Waals surface area contributed by atoms with E-state index in [0.717, 1.165) is 40.2 Å². The highest BCUT2D eigenvalue weighted by atomic mass is 16.5. The average molecular weight is 479 g/mol. The van der Waals surface area contributed by atoms with Crippen molar-refractivity contribution in [1.82, 2.24) is 30.0 Å². The Kier molecular flexibility index (Phi) is 6.60. The van der Waals surface area contributed by atoms with Crippen molar-refractivity contribution in [3.63, 3.8) is 0 Å². The van der Waals surface area contributed by atoms with E-state index in [0.29, 0.717) is 45.7 Å². The van der Waals surface area contributed by atoms with Crippen LogP contribution in [-0.2, 0) is 33.7 Å². The number of hydrogen-bond donors (Lipinski definition) is 2. The highest BCUT2D eigenvalue weighted by Gasteiger charge is 2.31. The molecule has 2 N–H and O–H groups in total. The number of benzene rings is 1. The second-order valence-corrected chi connectivity index (χ2v) is 10.00. The first kappa shape index (κ1) is 23.5. The van der Waals surface area contributed by atoms with Gasteiger partial charge in [-0.3, -0.25) is 9.59 Å². The first-order valence-electron chi connectivity index (χ1n) is 12.6. The smallest absolute Gasteiger partial charge is 0.227 e. The van der Waals surface area contributed by atoms with E-state index in [1.807, 2.05) is 30.0 Å². The second-order valence-electron chi connectivity index (χ2n) is 10.00. The van der Waals surface area contributed by atoms with Crippen LogP contribution in [0.25, 0.3) is 10.9 Å². The molecule has 9 heteroatoms. The third-order valence-electron chi connectivity index (χ3n) is 7.31. The number of amides is 2. The van der Waals surface area contributed by atoms with Gasteiger partial charge in [0.15, 0.2) is 5.82 Å². The lowest BCUT2D eigenvalue weighted by Gasteiger charge is -2.24. The summed E-state index contributed by atoms with van der Waals surface area (Å²) in [6.45, 7) is 9.10. The van der Waals surface area contributed by atoms with Gasteiger partial charge in [-0.2, -0.15) is 0 Å². The Hall–Kier alpha value is -3.20. The Morgan fingerprint density at radius 1 is 1.20 bits per heavy atom. The van der Waals surface area contributed by atoms with Gasteiger partial charge in [-0.15, -0.1) is 10.2 Å². The van der Waals surface area contributed by atoms with E-state index in [1.165, 1.54) is 0 Å². The van der Waals surface area contributed by atoms with E-state index < -0.39 is 0 Å². The topological polar surface area (TPSA) is 105 Å². The molecule has 1 saturated heterocycles. The Balaban J connectivity index is 1.29. The largest absolute Gasteiger partial charge is 0.381 e. The molecule has 0 radical (unpaired) electrons. The van der Waals surface area contributed by atoms with Gasteiger partial charge in [-0.1, -0.05) is 32.0 Å². The third kappa shape index (κ3) is 4.69. The summed E-state index contributed by atoms with van der Waals surface area (Å²) in [5.41, 5.74) is 3.16. The molecule has 0 bridgehead atoms. The summed E-state index contributed by atoms with van der Waals surface area (Å²) in [4.78, 5) is 31.4. The number of para-hydroxylation sites is 1. The summed E-state index contributed by atoms with van der Waals surface area (Å²) in [5.74, 6) is 1.81.